The second-order valence-electron chi connectivity index (χ2n) is 7.21. The van der Waals surface area contributed by atoms with Crippen molar-refractivity contribution in [2.24, 2.45) is 0 Å². The maximum atomic E-state index is 12.8. The van der Waals surface area contributed by atoms with Crippen LogP contribution in [0, 0.1) is 11.8 Å². The molecule has 34 heavy (non-hydrogen) atoms. The summed E-state index contributed by atoms with van der Waals surface area (Å²) in [7, 11) is 0. The number of nitrogens with zero attached hydrogens (tertiary/aromatic N) is 3. The van der Waals surface area contributed by atoms with Gasteiger partial charge in [0.05, 0.1) is 16.6 Å². The number of amides is 2. The largest absolute Gasteiger partial charge is 0.331 e. The van der Waals surface area contributed by atoms with Crippen LogP contribution in [-0.4, -0.2) is 36.7 Å². The summed E-state index contributed by atoms with van der Waals surface area (Å²) in [6, 6.07) is 16.3. The van der Waals surface area contributed by atoms with Crippen molar-refractivity contribution in [1.82, 2.24) is 24.9 Å². The van der Waals surface area contributed by atoms with Gasteiger partial charge < -0.3 is 9.97 Å². The Hall–Kier alpha value is -5.23. The summed E-state index contributed by atoms with van der Waals surface area (Å²) in [6.07, 6.45) is 6.19. The van der Waals surface area contributed by atoms with Gasteiger partial charge >= 0.3 is 0 Å². The third-order valence-corrected chi connectivity index (χ3v) is 4.84. The van der Waals surface area contributed by atoms with E-state index in [1.54, 1.807) is 36.7 Å². The van der Waals surface area contributed by atoms with E-state index in [4.69, 9.17) is 0 Å². The highest BCUT2D eigenvalue weighted by atomic mass is 16.2. The monoisotopic (exact) mass is 447 g/mol. The van der Waals surface area contributed by atoms with Crippen LogP contribution in [0.4, 0.5) is 11.9 Å². The smallest absolute Gasteiger partial charge is 0.260 e. The van der Waals surface area contributed by atoms with Gasteiger partial charge in [-0.3, -0.25) is 25.2 Å². The van der Waals surface area contributed by atoms with Crippen LogP contribution in [0.15, 0.2) is 79.4 Å². The molecule has 5 rings (SSSR count). The van der Waals surface area contributed by atoms with E-state index >= 15 is 0 Å². The molecule has 0 aliphatic carbocycles. The van der Waals surface area contributed by atoms with E-state index in [0.29, 0.717) is 33.7 Å². The molecule has 9 heteroatoms. The number of hydrogen-bond acceptors (Lipinski definition) is 5. The van der Waals surface area contributed by atoms with Crippen molar-refractivity contribution in [2.45, 2.75) is 0 Å². The van der Waals surface area contributed by atoms with Crippen molar-refractivity contribution in [2.75, 3.05) is 10.6 Å². The number of anilines is 2. The minimum absolute atomic E-state index is 0.207. The van der Waals surface area contributed by atoms with Gasteiger partial charge in [-0.05, 0) is 30.3 Å². The number of benzene rings is 2. The zero-order chi connectivity index (χ0) is 23.3. The van der Waals surface area contributed by atoms with Gasteiger partial charge in [0.15, 0.2) is 0 Å². The fraction of sp³-hybridized carbons (Fsp3) is 0. The number of carbonyl (C=O) groups excluding carboxylic acids is 2. The average molecular weight is 447 g/mol. The molecule has 0 unspecified atom stereocenters. The summed E-state index contributed by atoms with van der Waals surface area (Å²) in [5.74, 6) is 5.81. The predicted molar refractivity (Wildman–Crippen MR) is 127 cm³/mol. The van der Waals surface area contributed by atoms with E-state index < -0.39 is 5.91 Å². The number of aromatic amines is 2. The zero-order valence-corrected chi connectivity index (χ0v) is 17.7. The molecule has 2 amide bonds. The van der Waals surface area contributed by atoms with E-state index in [0.717, 1.165) is 5.56 Å². The first-order valence-electron chi connectivity index (χ1n) is 10.3. The van der Waals surface area contributed by atoms with Crippen molar-refractivity contribution < 1.29 is 9.59 Å². The molecule has 5 aromatic rings. The second kappa shape index (κ2) is 9.10. The van der Waals surface area contributed by atoms with Crippen LogP contribution in [0.25, 0.3) is 11.0 Å². The van der Waals surface area contributed by atoms with Gasteiger partial charge in [0.25, 0.3) is 11.8 Å². The van der Waals surface area contributed by atoms with Crippen molar-refractivity contribution in [3.8, 4) is 11.8 Å². The second-order valence-corrected chi connectivity index (χ2v) is 7.21. The molecule has 0 fully saturated rings. The van der Waals surface area contributed by atoms with Gasteiger partial charge in [-0.15, -0.1) is 0 Å². The summed E-state index contributed by atoms with van der Waals surface area (Å²) >= 11 is 0. The summed E-state index contributed by atoms with van der Waals surface area (Å²) in [6.45, 7) is 0. The summed E-state index contributed by atoms with van der Waals surface area (Å²) in [5, 5.41) is 5.38. The van der Waals surface area contributed by atoms with E-state index in [2.05, 4.69) is 47.4 Å². The number of hydrogen-bond donors (Lipinski definition) is 4. The molecule has 2 aromatic carbocycles. The lowest BCUT2D eigenvalue weighted by Gasteiger charge is -2.02. The van der Waals surface area contributed by atoms with E-state index in [9.17, 15) is 9.59 Å². The topological polar surface area (TPSA) is 128 Å². The number of carbonyl (C=O) groups is 2. The van der Waals surface area contributed by atoms with Crippen LogP contribution in [-0.2, 0) is 0 Å². The van der Waals surface area contributed by atoms with Crippen LogP contribution in [0.2, 0.25) is 0 Å². The number of H-pyrrole nitrogens is 2. The molecule has 3 heterocycles. The lowest BCUT2D eigenvalue weighted by Crippen LogP contribution is -2.14. The minimum Gasteiger partial charge on any atom is -0.331 e. The van der Waals surface area contributed by atoms with Crippen LogP contribution in [0.1, 0.15) is 31.8 Å². The Bertz CT molecular complexity index is 1540. The van der Waals surface area contributed by atoms with E-state index in [-0.39, 0.29) is 11.9 Å². The number of para-hydroxylation sites is 1. The van der Waals surface area contributed by atoms with Crippen molar-refractivity contribution in [3.05, 3.63) is 102 Å². The Balaban J connectivity index is 1.35. The number of nitrogens with one attached hydrogen (secondary N) is 4. The molecular weight excluding hydrogens is 430 g/mol. The fourth-order valence-corrected chi connectivity index (χ4v) is 3.26. The molecule has 0 bridgehead atoms. The molecule has 0 aliphatic heterocycles. The highest BCUT2D eigenvalue weighted by molar-refractivity contribution is 6.11. The molecule has 164 valence electrons. The Morgan fingerprint density at radius 2 is 1.68 bits per heavy atom. The summed E-state index contributed by atoms with van der Waals surface area (Å²) in [5.41, 5.74) is 3.16. The molecule has 9 nitrogen and oxygen atoms in total. The van der Waals surface area contributed by atoms with Crippen LogP contribution in [0.3, 0.4) is 0 Å². The fourth-order valence-electron chi connectivity index (χ4n) is 3.26. The minimum atomic E-state index is -0.406. The highest BCUT2D eigenvalue weighted by Crippen LogP contribution is 2.20. The van der Waals surface area contributed by atoms with Crippen molar-refractivity contribution in [1.29, 1.82) is 0 Å². The van der Waals surface area contributed by atoms with Gasteiger partial charge in [0.1, 0.15) is 5.52 Å². The highest BCUT2D eigenvalue weighted by Gasteiger charge is 2.16. The SMILES string of the molecule is O=C(Nc1nc2c(C(=O)Nc3ncc[nH]3)cccc2[nH]1)c1cncc(C#Cc2ccccc2)c1. The maximum absolute atomic E-state index is 12.8. The van der Waals surface area contributed by atoms with Gasteiger partial charge in [-0.1, -0.05) is 36.1 Å². The molecule has 0 saturated heterocycles. The number of aromatic nitrogens is 5. The third-order valence-electron chi connectivity index (χ3n) is 4.84. The number of rotatable bonds is 4. The molecule has 0 radical (unpaired) electrons. The molecule has 3 aromatic heterocycles. The lowest BCUT2D eigenvalue weighted by atomic mass is 10.1. The Morgan fingerprint density at radius 1 is 0.853 bits per heavy atom. The van der Waals surface area contributed by atoms with Crippen LogP contribution in [0.5, 0.6) is 0 Å². The Labute approximate surface area is 193 Å². The standard InChI is InChI=1S/C25H17N7O2/c33-22(18-13-17(14-26-15-18)10-9-16-5-2-1-3-6-16)31-25-29-20-8-4-7-19(21(20)30-25)23(34)32-24-27-11-12-28-24/h1-8,11-15H,(H2,27,28,32,34)(H2,29,30,31,33). The molecule has 0 saturated carbocycles. The summed E-state index contributed by atoms with van der Waals surface area (Å²) in [4.78, 5) is 43.8. The average Bonchev–Trinajstić information content (AvgIpc) is 3.52. The molecular formula is C25H17N7O2. The Morgan fingerprint density at radius 3 is 2.50 bits per heavy atom. The first-order chi connectivity index (χ1) is 16.7. The van der Waals surface area contributed by atoms with Crippen molar-refractivity contribution in [3.63, 3.8) is 0 Å². The Kier molecular flexibility index (Phi) is 5.53. The molecule has 0 atom stereocenters. The predicted octanol–water partition coefficient (Wildman–Crippen LogP) is 3.59. The van der Waals surface area contributed by atoms with Crippen molar-refractivity contribution >= 4 is 34.7 Å². The molecule has 0 spiro atoms. The van der Waals surface area contributed by atoms with Crippen LogP contribution >= 0.6 is 0 Å². The first kappa shape index (κ1) is 20.7. The molecule has 4 N–H and O–H groups in total. The van der Waals surface area contributed by atoms with Crippen LogP contribution < -0.4 is 10.6 Å². The normalized spacial score (nSPS) is 10.4. The number of pyridine rings is 1. The number of imidazole rings is 2. The number of fused-ring (bicyclic) bond motifs is 1. The summed E-state index contributed by atoms with van der Waals surface area (Å²) < 4.78 is 0. The quantitative estimate of drug-likeness (QED) is 0.313. The maximum Gasteiger partial charge on any atom is 0.260 e. The first-order valence-corrected chi connectivity index (χ1v) is 10.3. The lowest BCUT2D eigenvalue weighted by molar-refractivity contribution is 0.101. The van der Waals surface area contributed by atoms with E-state index in [1.807, 2.05) is 30.3 Å². The van der Waals surface area contributed by atoms with Gasteiger partial charge in [0.2, 0.25) is 11.9 Å². The van der Waals surface area contributed by atoms with Gasteiger partial charge in [-0.2, -0.15) is 0 Å². The zero-order valence-electron chi connectivity index (χ0n) is 17.7. The van der Waals surface area contributed by atoms with Gasteiger partial charge in [-0.25, -0.2) is 9.97 Å². The molecule has 0 aliphatic rings. The third kappa shape index (κ3) is 4.51. The van der Waals surface area contributed by atoms with Gasteiger partial charge in [0, 0.05) is 35.9 Å². The van der Waals surface area contributed by atoms with E-state index in [1.165, 1.54) is 12.4 Å².